The second kappa shape index (κ2) is 5.86. The second-order valence-corrected chi connectivity index (χ2v) is 4.53. The molecule has 0 aliphatic heterocycles. The smallest absolute Gasteiger partial charge is 0.165 e. The summed E-state index contributed by atoms with van der Waals surface area (Å²) < 4.78 is 18.7. The highest BCUT2D eigenvalue weighted by atomic mass is 19.1. The first-order valence-electron chi connectivity index (χ1n) is 6.50. The maximum Gasteiger partial charge on any atom is 0.165 e. The highest BCUT2D eigenvalue weighted by molar-refractivity contribution is 5.67. The van der Waals surface area contributed by atoms with Gasteiger partial charge in [0.15, 0.2) is 17.4 Å². The lowest BCUT2D eigenvalue weighted by molar-refractivity contribution is 0.386. The van der Waals surface area contributed by atoms with Crippen LogP contribution in [0.1, 0.15) is 18.1 Å². The van der Waals surface area contributed by atoms with Crippen molar-refractivity contribution in [1.29, 1.82) is 0 Å². The summed E-state index contributed by atoms with van der Waals surface area (Å²) in [5, 5.41) is 11.5. The van der Waals surface area contributed by atoms with E-state index in [1.54, 1.807) is 12.1 Å². The van der Waals surface area contributed by atoms with Crippen molar-refractivity contribution in [2.45, 2.75) is 20.8 Å². The normalized spacial score (nSPS) is 10.4. The number of hydrogen-bond donors (Lipinski definition) is 1. The molecule has 0 fully saturated rings. The highest BCUT2D eigenvalue weighted by Crippen LogP contribution is 2.28. The molecule has 2 aromatic rings. The van der Waals surface area contributed by atoms with Gasteiger partial charge in [-0.3, -0.25) is 0 Å². The fourth-order valence-electron chi connectivity index (χ4n) is 2.03. The van der Waals surface area contributed by atoms with E-state index in [2.05, 4.69) is 15.5 Å². The molecular weight excluding hydrogens is 257 g/mol. The van der Waals surface area contributed by atoms with Gasteiger partial charge < -0.3 is 10.1 Å². The fraction of sp³-hybridized carbons (Fsp3) is 0.333. The zero-order valence-electron chi connectivity index (χ0n) is 12.1. The number of nitrogens with zero attached hydrogens (tertiary/aromatic N) is 2. The van der Waals surface area contributed by atoms with Crippen molar-refractivity contribution in [3.63, 3.8) is 0 Å². The maximum absolute atomic E-state index is 13.8. The molecule has 0 amide bonds. The largest absolute Gasteiger partial charge is 0.494 e. The summed E-state index contributed by atoms with van der Waals surface area (Å²) >= 11 is 0. The van der Waals surface area contributed by atoms with Gasteiger partial charge in [-0.15, -0.1) is 10.2 Å². The molecule has 106 valence electrons. The Labute approximate surface area is 118 Å². The average Bonchev–Trinajstić information content (AvgIpc) is 2.44. The summed E-state index contributed by atoms with van der Waals surface area (Å²) in [6.07, 6.45) is 0. The lowest BCUT2D eigenvalue weighted by atomic mass is 10.0. The summed E-state index contributed by atoms with van der Waals surface area (Å²) in [5.41, 5.74) is 3.39. The summed E-state index contributed by atoms with van der Waals surface area (Å²) in [7, 11) is 1.44. The fourth-order valence-corrected chi connectivity index (χ4v) is 2.03. The summed E-state index contributed by atoms with van der Waals surface area (Å²) in [6.45, 7) is 6.72. The molecule has 1 aromatic heterocycles. The van der Waals surface area contributed by atoms with E-state index in [0.29, 0.717) is 11.3 Å². The van der Waals surface area contributed by atoms with Gasteiger partial charge in [-0.1, -0.05) is 0 Å². The SMILES string of the molecule is CCNc1nnc(-c2ccc(OC)c(F)c2)c(C)c1C. The van der Waals surface area contributed by atoms with Crippen molar-refractivity contribution < 1.29 is 9.13 Å². The van der Waals surface area contributed by atoms with Crippen molar-refractivity contribution in [3.8, 4) is 17.0 Å². The molecule has 0 bridgehead atoms. The van der Waals surface area contributed by atoms with Crippen molar-refractivity contribution in [2.75, 3.05) is 19.0 Å². The molecule has 20 heavy (non-hydrogen) atoms. The number of benzene rings is 1. The monoisotopic (exact) mass is 275 g/mol. The van der Waals surface area contributed by atoms with Crippen LogP contribution in [0.4, 0.5) is 10.2 Å². The van der Waals surface area contributed by atoms with E-state index in [1.807, 2.05) is 20.8 Å². The van der Waals surface area contributed by atoms with E-state index >= 15 is 0 Å². The molecule has 0 saturated carbocycles. The van der Waals surface area contributed by atoms with Crippen LogP contribution in [0.2, 0.25) is 0 Å². The molecule has 0 aliphatic carbocycles. The van der Waals surface area contributed by atoms with Gasteiger partial charge in [-0.2, -0.15) is 0 Å². The Balaban J connectivity index is 2.48. The predicted octanol–water partition coefficient (Wildman–Crippen LogP) is 3.34. The lowest BCUT2D eigenvalue weighted by Gasteiger charge is -2.12. The van der Waals surface area contributed by atoms with Crippen molar-refractivity contribution in [1.82, 2.24) is 10.2 Å². The number of aromatic nitrogens is 2. The van der Waals surface area contributed by atoms with Crippen LogP contribution in [0.25, 0.3) is 11.3 Å². The molecule has 5 heteroatoms. The van der Waals surface area contributed by atoms with Crippen molar-refractivity contribution in [3.05, 3.63) is 35.1 Å². The Morgan fingerprint density at radius 3 is 2.55 bits per heavy atom. The van der Waals surface area contributed by atoms with Gasteiger partial charge in [0.1, 0.15) is 0 Å². The van der Waals surface area contributed by atoms with Crippen LogP contribution < -0.4 is 10.1 Å². The van der Waals surface area contributed by atoms with E-state index in [4.69, 9.17) is 4.74 Å². The third-order valence-electron chi connectivity index (χ3n) is 3.29. The lowest BCUT2D eigenvalue weighted by Crippen LogP contribution is -2.06. The Hall–Kier alpha value is -2.17. The molecule has 0 radical (unpaired) electrons. The molecule has 1 heterocycles. The minimum absolute atomic E-state index is 0.223. The van der Waals surface area contributed by atoms with E-state index in [9.17, 15) is 4.39 Å². The van der Waals surface area contributed by atoms with Crippen LogP contribution >= 0.6 is 0 Å². The third-order valence-corrected chi connectivity index (χ3v) is 3.29. The number of halogens is 1. The maximum atomic E-state index is 13.8. The number of nitrogens with one attached hydrogen (secondary N) is 1. The molecule has 1 N–H and O–H groups in total. The van der Waals surface area contributed by atoms with Gasteiger partial charge in [-0.05, 0) is 50.1 Å². The van der Waals surface area contributed by atoms with Crippen LogP contribution in [0.15, 0.2) is 18.2 Å². The van der Waals surface area contributed by atoms with Crippen LogP contribution in [-0.2, 0) is 0 Å². The van der Waals surface area contributed by atoms with E-state index in [-0.39, 0.29) is 5.75 Å². The standard InChI is InChI=1S/C15H18FN3O/c1-5-17-15-10(3)9(2)14(18-19-15)11-6-7-13(20-4)12(16)8-11/h6-8H,5H2,1-4H3,(H,17,19). The van der Waals surface area contributed by atoms with Gasteiger partial charge in [0.05, 0.1) is 12.8 Å². The van der Waals surface area contributed by atoms with Gasteiger partial charge in [0.2, 0.25) is 0 Å². The first-order valence-corrected chi connectivity index (χ1v) is 6.50. The Bertz CT molecular complexity index is 629. The Morgan fingerprint density at radius 2 is 1.95 bits per heavy atom. The number of rotatable bonds is 4. The number of ether oxygens (including phenoxy) is 1. The quantitative estimate of drug-likeness (QED) is 0.929. The van der Waals surface area contributed by atoms with Gasteiger partial charge >= 0.3 is 0 Å². The molecular formula is C15H18FN3O. The van der Waals surface area contributed by atoms with Gasteiger partial charge in [0, 0.05) is 12.1 Å². The van der Waals surface area contributed by atoms with Crippen LogP contribution in [0.5, 0.6) is 5.75 Å². The zero-order valence-corrected chi connectivity index (χ0v) is 12.1. The van der Waals surface area contributed by atoms with Crippen molar-refractivity contribution in [2.24, 2.45) is 0 Å². The number of anilines is 1. The minimum atomic E-state index is -0.403. The molecule has 0 saturated heterocycles. The van der Waals surface area contributed by atoms with Crippen LogP contribution in [0, 0.1) is 19.7 Å². The molecule has 2 rings (SSSR count). The van der Waals surface area contributed by atoms with Crippen LogP contribution in [0.3, 0.4) is 0 Å². The van der Waals surface area contributed by atoms with E-state index < -0.39 is 5.82 Å². The minimum Gasteiger partial charge on any atom is -0.494 e. The number of methoxy groups -OCH3 is 1. The van der Waals surface area contributed by atoms with Crippen LogP contribution in [-0.4, -0.2) is 23.9 Å². The summed E-state index contributed by atoms with van der Waals surface area (Å²) in [6, 6.07) is 4.80. The number of hydrogen-bond acceptors (Lipinski definition) is 4. The molecule has 1 aromatic carbocycles. The predicted molar refractivity (Wildman–Crippen MR) is 77.6 cm³/mol. The Morgan fingerprint density at radius 1 is 1.20 bits per heavy atom. The highest BCUT2D eigenvalue weighted by Gasteiger charge is 2.13. The molecule has 4 nitrogen and oxygen atoms in total. The molecule has 0 spiro atoms. The summed E-state index contributed by atoms with van der Waals surface area (Å²) in [4.78, 5) is 0. The zero-order chi connectivity index (χ0) is 14.7. The average molecular weight is 275 g/mol. The van der Waals surface area contributed by atoms with Gasteiger partial charge in [0.25, 0.3) is 0 Å². The first kappa shape index (κ1) is 14.2. The molecule has 0 unspecified atom stereocenters. The van der Waals surface area contributed by atoms with Crippen molar-refractivity contribution >= 4 is 5.82 Å². The van der Waals surface area contributed by atoms with E-state index in [1.165, 1.54) is 13.2 Å². The first-order chi connectivity index (χ1) is 9.58. The topological polar surface area (TPSA) is 47.0 Å². The second-order valence-electron chi connectivity index (χ2n) is 4.53. The Kier molecular flexibility index (Phi) is 4.17. The molecule has 0 atom stereocenters. The molecule has 0 aliphatic rings. The third kappa shape index (κ3) is 2.57. The van der Waals surface area contributed by atoms with Gasteiger partial charge in [-0.25, -0.2) is 4.39 Å². The summed E-state index contributed by atoms with van der Waals surface area (Å²) in [5.74, 6) is 0.586. The van der Waals surface area contributed by atoms with E-state index in [0.717, 1.165) is 23.5 Å².